The minimum Gasteiger partial charge on any atom is -0.477 e. The quantitative estimate of drug-likeness (QED) is 0.353. The zero-order chi connectivity index (χ0) is 26.0. The Morgan fingerprint density at radius 3 is 2.20 bits per heavy atom. The van der Waals surface area contributed by atoms with Gasteiger partial charge in [-0.25, -0.2) is 9.36 Å². The topological polar surface area (TPSA) is 124 Å². The maximum atomic E-state index is 13.9. The Labute approximate surface area is 212 Å². The summed E-state index contributed by atoms with van der Waals surface area (Å²) in [6.45, 7) is 8.65. The molecule has 2 aliphatic rings. The lowest BCUT2D eigenvalue weighted by atomic mass is 9.81. The van der Waals surface area contributed by atoms with Gasteiger partial charge < -0.3 is 19.8 Å². The summed E-state index contributed by atoms with van der Waals surface area (Å²) >= 11 is 1.25. The van der Waals surface area contributed by atoms with Gasteiger partial charge in [0.15, 0.2) is 0 Å². The zero-order valence-corrected chi connectivity index (χ0v) is 22.9. The lowest BCUT2D eigenvalue weighted by Gasteiger charge is -2.39. The Morgan fingerprint density at radius 2 is 1.69 bits per heavy atom. The maximum Gasteiger partial charge on any atom is 0.469 e. The Morgan fingerprint density at radius 1 is 1.09 bits per heavy atom. The second kappa shape index (κ2) is 11.4. The van der Waals surface area contributed by atoms with Gasteiger partial charge in [-0.15, -0.1) is 11.3 Å². The number of aromatic carboxylic acids is 1. The van der Waals surface area contributed by atoms with E-state index in [2.05, 4.69) is 27.7 Å². The zero-order valence-electron chi connectivity index (χ0n) is 21.2. The molecule has 3 N–H and O–H groups in total. The molecule has 0 unspecified atom stereocenters. The Bertz CT molecular complexity index is 934. The molecule has 0 atom stereocenters. The molecule has 0 aliphatic heterocycles. The number of carbonyl (C=O) groups is 2. The summed E-state index contributed by atoms with van der Waals surface area (Å²) in [7, 11) is -4.58. The number of rotatable bonds is 8. The Kier molecular flexibility index (Phi) is 9.25. The number of carboxylic acids is 1. The van der Waals surface area contributed by atoms with Crippen LogP contribution in [0.15, 0.2) is 6.07 Å². The van der Waals surface area contributed by atoms with Gasteiger partial charge in [0.1, 0.15) is 4.88 Å². The van der Waals surface area contributed by atoms with Crippen LogP contribution in [-0.2, 0) is 20.3 Å². The van der Waals surface area contributed by atoms with Gasteiger partial charge in [0, 0.05) is 16.8 Å². The fourth-order valence-corrected chi connectivity index (χ4v) is 6.77. The molecular formula is C25H40NO7PS. The number of hydrogen-bond donors (Lipinski definition) is 3. The smallest absolute Gasteiger partial charge is 0.469 e. The third kappa shape index (κ3) is 8.12. The Hall–Kier alpha value is -1.25. The predicted octanol–water partition coefficient (Wildman–Crippen LogP) is 6.00. The van der Waals surface area contributed by atoms with E-state index < -0.39 is 19.9 Å². The highest BCUT2D eigenvalue weighted by molar-refractivity contribution is 7.46. The van der Waals surface area contributed by atoms with Crippen LogP contribution in [0.5, 0.6) is 0 Å². The van der Waals surface area contributed by atoms with Gasteiger partial charge in [-0.2, -0.15) is 0 Å². The molecule has 1 heterocycles. The van der Waals surface area contributed by atoms with E-state index in [1.54, 1.807) is 4.90 Å². The normalized spacial score (nSPS) is 25.9. The van der Waals surface area contributed by atoms with Crippen LogP contribution in [0.1, 0.15) is 100 Å². The molecule has 1 amide bonds. The lowest BCUT2D eigenvalue weighted by molar-refractivity contribution is -0.124. The van der Waals surface area contributed by atoms with Crippen molar-refractivity contribution < 1.29 is 33.6 Å². The standard InChI is InChI=1S/C25H40NO7PS/c1-16-5-7-17(8-6-16)23(27)26(18-9-11-19(12-10-18)33-34(30,31)32)21-15-20(13-14-25(2,3)4)35-22(21)24(28)29/h15-19H,5-14H2,1-4H3,(H,28,29)(H2,30,31,32). The van der Waals surface area contributed by atoms with Gasteiger partial charge in [0.25, 0.3) is 0 Å². The first kappa shape index (κ1) is 28.3. The average molecular weight is 530 g/mol. The van der Waals surface area contributed by atoms with E-state index in [-0.39, 0.29) is 28.2 Å². The summed E-state index contributed by atoms with van der Waals surface area (Å²) in [6, 6.07) is 1.67. The molecule has 1 aromatic rings. The van der Waals surface area contributed by atoms with Gasteiger partial charge in [-0.3, -0.25) is 9.32 Å². The van der Waals surface area contributed by atoms with Crippen LogP contribution in [0, 0.1) is 17.3 Å². The minimum absolute atomic E-state index is 0.0149. The molecule has 1 aromatic heterocycles. The molecule has 0 radical (unpaired) electrons. The van der Waals surface area contributed by atoms with Gasteiger partial charge in [-0.1, -0.05) is 27.7 Å². The maximum absolute atomic E-state index is 13.9. The summed E-state index contributed by atoms with van der Waals surface area (Å²) < 4.78 is 16.2. The summed E-state index contributed by atoms with van der Waals surface area (Å²) in [4.78, 5) is 47.4. The second-order valence-electron chi connectivity index (χ2n) is 11.5. The van der Waals surface area contributed by atoms with Crippen LogP contribution in [0.25, 0.3) is 0 Å². The number of thiophene rings is 1. The molecule has 3 rings (SSSR count). The largest absolute Gasteiger partial charge is 0.477 e. The van der Waals surface area contributed by atoms with Crippen molar-refractivity contribution in [2.24, 2.45) is 17.3 Å². The molecular weight excluding hydrogens is 489 g/mol. The first-order chi connectivity index (χ1) is 16.2. The first-order valence-electron chi connectivity index (χ1n) is 12.7. The molecule has 2 fully saturated rings. The summed E-state index contributed by atoms with van der Waals surface area (Å²) in [5.41, 5.74) is 0.591. The van der Waals surface area contributed by atoms with Crippen LogP contribution < -0.4 is 4.90 Å². The molecule has 2 aliphatic carbocycles. The van der Waals surface area contributed by atoms with Gasteiger partial charge in [0.05, 0.1) is 11.8 Å². The molecule has 35 heavy (non-hydrogen) atoms. The van der Waals surface area contributed by atoms with Crippen molar-refractivity contribution in [2.45, 2.75) is 104 Å². The summed E-state index contributed by atoms with van der Waals surface area (Å²) in [5, 5.41) is 10.0. The average Bonchev–Trinajstić information content (AvgIpc) is 3.17. The third-order valence-electron chi connectivity index (χ3n) is 7.24. The molecule has 0 saturated heterocycles. The molecule has 198 valence electrons. The van der Waals surface area contributed by atoms with Crippen molar-refractivity contribution in [2.75, 3.05) is 4.90 Å². The van der Waals surface area contributed by atoms with E-state index in [9.17, 15) is 29.0 Å². The van der Waals surface area contributed by atoms with Gasteiger partial charge in [0.2, 0.25) is 5.91 Å². The third-order valence-corrected chi connectivity index (χ3v) is 8.98. The number of carbonyl (C=O) groups excluding carboxylic acids is 1. The van der Waals surface area contributed by atoms with Crippen LogP contribution in [0.2, 0.25) is 0 Å². The van der Waals surface area contributed by atoms with E-state index in [1.807, 2.05) is 6.07 Å². The highest BCUT2D eigenvalue weighted by atomic mass is 32.1. The van der Waals surface area contributed by atoms with Crippen molar-refractivity contribution in [3.05, 3.63) is 15.8 Å². The summed E-state index contributed by atoms with van der Waals surface area (Å²) in [5.74, 6) is -0.582. The first-order valence-corrected chi connectivity index (χ1v) is 15.0. The number of aryl methyl sites for hydroxylation is 1. The fraction of sp³-hybridized carbons (Fsp3) is 0.760. The van der Waals surface area contributed by atoms with Crippen molar-refractivity contribution in [3.63, 3.8) is 0 Å². The van der Waals surface area contributed by atoms with Crippen LogP contribution in [0.3, 0.4) is 0 Å². The van der Waals surface area contributed by atoms with E-state index in [0.29, 0.717) is 37.3 Å². The van der Waals surface area contributed by atoms with E-state index in [0.717, 1.165) is 43.4 Å². The number of nitrogens with zero attached hydrogens (tertiary/aromatic N) is 1. The molecule has 0 aromatic carbocycles. The molecule has 2 saturated carbocycles. The van der Waals surface area contributed by atoms with Crippen molar-refractivity contribution in [3.8, 4) is 0 Å². The molecule has 0 bridgehead atoms. The second-order valence-corrected chi connectivity index (χ2v) is 13.8. The van der Waals surface area contributed by atoms with Crippen molar-refractivity contribution in [1.29, 1.82) is 0 Å². The number of carboxylic acid groups (broad SMARTS) is 1. The van der Waals surface area contributed by atoms with Crippen molar-refractivity contribution >= 4 is 36.7 Å². The monoisotopic (exact) mass is 529 g/mol. The van der Waals surface area contributed by atoms with E-state index in [1.165, 1.54) is 11.3 Å². The number of amides is 1. The molecule has 0 spiro atoms. The van der Waals surface area contributed by atoms with Crippen LogP contribution in [0.4, 0.5) is 5.69 Å². The van der Waals surface area contributed by atoms with Crippen LogP contribution in [-0.4, -0.2) is 38.9 Å². The van der Waals surface area contributed by atoms with E-state index in [4.69, 9.17) is 4.52 Å². The van der Waals surface area contributed by atoms with Gasteiger partial charge in [-0.05, 0) is 81.6 Å². The molecule has 10 heteroatoms. The number of phosphoric ester groups is 1. The van der Waals surface area contributed by atoms with Crippen LogP contribution >= 0.6 is 19.2 Å². The highest BCUT2D eigenvalue weighted by Crippen LogP contribution is 2.43. The fourth-order valence-electron chi connectivity index (χ4n) is 5.19. The highest BCUT2D eigenvalue weighted by Gasteiger charge is 2.38. The SMILES string of the molecule is CC1CCC(C(=O)N(c2cc(CCC(C)(C)C)sc2C(=O)O)C2CCC(OP(=O)(O)O)CC2)CC1. The van der Waals surface area contributed by atoms with Crippen molar-refractivity contribution in [1.82, 2.24) is 0 Å². The number of hydrogen-bond acceptors (Lipinski definition) is 5. The van der Waals surface area contributed by atoms with E-state index >= 15 is 0 Å². The lowest BCUT2D eigenvalue weighted by Crippen LogP contribution is -2.47. The Balaban J connectivity index is 1.90. The number of anilines is 1. The molecule has 8 nitrogen and oxygen atoms in total. The predicted molar refractivity (Wildman–Crippen MR) is 137 cm³/mol. The number of phosphoric acid groups is 1. The minimum atomic E-state index is -4.58. The summed E-state index contributed by atoms with van der Waals surface area (Å²) in [6.07, 6.45) is 6.49. The van der Waals surface area contributed by atoms with Gasteiger partial charge >= 0.3 is 13.8 Å².